The lowest BCUT2D eigenvalue weighted by molar-refractivity contribution is 0.126. The lowest BCUT2D eigenvalue weighted by atomic mass is 9.89. The van der Waals surface area contributed by atoms with Crippen LogP contribution in [0.1, 0.15) is 52.4 Å². The molecule has 0 spiro atoms. The molecule has 2 fully saturated rings. The molecular weight excluding hydrogens is 294 g/mol. The van der Waals surface area contributed by atoms with Crippen molar-refractivity contribution >= 4 is 11.8 Å². The summed E-state index contributed by atoms with van der Waals surface area (Å²) in [5.41, 5.74) is 1.20. The normalized spacial score (nSPS) is 25.2. The molecule has 0 saturated carbocycles. The van der Waals surface area contributed by atoms with Crippen LogP contribution in [0.4, 0.5) is 4.79 Å². The first-order chi connectivity index (χ1) is 11.2. The van der Waals surface area contributed by atoms with Gasteiger partial charge in [0.25, 0.3) is 0 Å². The van der Waals surface area contributed by atoms with E-state index < -0.39 is 6.09 Å². The first-order valence-corrected chi connectivity index (χ1v) is 9.06. The molecule has 1 N–H and O–H groups in total. The smallest absolute Gasteiger partial charge is 0.407 e. The second-order valence-electron chi connectivity index (χ2n) is 6.52. The van der Waals surface area contributed by atoms with Gasteiger partial charge in [-0.1, -0.05) is 12.1 Å². The summed E-state index contributed by atoms with van der Waals surface area (Å²) < 4.78 is 0. The third-order valence-electron chi connectivity index (χ3n) is 5.16. The van der Waals surface area contributed by atoms with E-state index >= 15 is 0 Å². The van der Waals surface area contributed by atoms with Gasteiger partial charge in [-0.25, -0.2) is 4.79 Å². The number of carboxylic acid groups (broad SMARTS) is 1. The number of oxime groups is 1. The van der Waals surface area contributed by atoms with Crippen LogP contribution in [-0.4, -0.2) is 65.5 Å². The Kier molecular flexibility index (Phi) is 7.15. The van der Waals surface area contributed by atoms with Gasteiger partial charge in [0.05, 0.1) is 5.71 Å². The average Bonchev–Trinajstić information content (AvgIpc) is 2.82. The van der Waals surface area contributed by atoms with Crippen molar-refractivity contribution in [2.75, 3.05) is 32.8 Å². The van der Waals surface area contributed by atoms with E-state index in [1.54, 1.807) is 4.90 Å². The van der Waals surface area contributed by atoms with Crippen LogP contribution in [0.5, 0.6) is 0 Å². The number of likely N-dealkylation sites (tertiary alicyclic amines) is 2. The third kappa shape index (κ3) is 5.09. The predicted octanol–water partition coefficient (Wildman–Crippen LogP) is 3.03. The highest BCUT2D eigenvalue weighted by Crippen LogP contribution is 2.25. The first-order valence-electron chi connectivity index (χ1n) is 9.06. The highest BCUT2D eigenvalue weighted by atomic mass is 16.6. The van der Waals surface area contributed by atoms with E-state index in [1.807, 2.05) is 6.92 Å². The van der Waals surface area contributed by atoms with Crippen LogP contribution in [0.15, 0.2) is 5.16 Å². The van der Waals surface area contributed by atoms with Crippen LogP contribution in [-0.2, 0) is 4.84 Å². The number of hydrogen-bond acceptors (Lipinski definition) is 4. The number of rotatable bonds is 5. The molecule has 1 amide bonds. The van der Waals surface area contributed by atoms with Crippen molar-refractivity contribution in [1.29, 1.82) is 0 Å². The molecule has 0 aromatic heterocycles. The van der Waals surface area contributed by atoms with E-state index in [4.69, 9.17) is 9.94 Å². The molecule has 2 saturated heterocycles. The fraction of sp³-hybridized carbons (Fsp3) is 0.882. The number of amides is 1. The Morgan fingerprint density at radius 2 is 1.87 bits per heavy atom. The minimum Gasteiger partial charge on any atom is -0.465 e. The van der Waals surface area contributed by atoms with Crippen LogP contribution >= 0.6 is 0 Å². The Labute approximate surface area is 139 Å². The Morgan fingerprint density at radius 1 is 1.13 bits per heavy atom. The van der Waals surface area contributed by atoms with Crippen molar-refractivity contribution in [2.24, 2.45) is 11.1 Å². The molecule has 2 aliphatic heterocycles. The van der Waals surface area contributed by atoms with Gasteiger partial charge in [-0.15, -0.1) is 0 Å². The summed E-state index contributed by atoms with van der Waals surface area (Å²) in [6.07, 6.45) is 5.51. The summed E-state index contributed by atoms with van der Waals surface area (Å²) in [6.45, 7) is 8.28. The van der Waals surface area contributed by atoms with Gasteiger partial charge in [-0.05, 0) is 58.5 Å². The van der Waals surface area contributed by atoms with Gasteiger partial charge in [-0.3, -0.25) is 0 Å². The second kappa shape index (κ2) is 9.11. The maximum atomic E-state index is 11.1. The summed E-state index contributed by atoms with van der Waals surface area (Å²) >= 11 is 0. The zero-order valence-electron chi connectivity index (χ0n) is 14.5. The molecule has 0 aromatic carbocycles. The number of nitrogens with zero attached hydrogens (tertiary/aromatic N) is 3. The molecule has 0 bridgehead atoms. The number of hydrogen-bond donors (Lipinski definition) is 1. The molecule has 2 heterocycles. The monoisotopic (exact) mass is 325 g/mol. The van der Waals surface area contributed by atoms with E-state index in [-0.39, 0.29) is 0 Å². The summed E-state index contributed by atoms with van der Waals surface area (Å²) in [6, 6.07) is 0.536. The lowest BCUT2D eigenvalue weighted by Gasteiger charge is -2.37. The molecule has 0 aliphatic carbocycles. The minimum absolute atomic E-state index is 0.536. The molecule has 0 radical (unpaired) electrons. The molecule has 6 heteroatoms. The van der Waals surface area contributed by atoms with Gasteiger partial charge in [0.15, 0.2) is 0 Å². The standard InChI is InChI=1S/C17H31N3O3/c1-3-16(18-23-4-2)14-7-11-19(12-8-14)15-6-5-10-20(13-9-15)17(21)22/h14-15H,3-13H2,1-2H3,(H,21,22). The van der Waals surface area contributed by atoms with Gasteiger partial charge < -0.3 is 19.7 Å². The van der Waals surface area contributed by atoms with Gasteiger partial charge >= 0.3 is 6.09 Å². The molecule has 6 nitrogen and oxygen atoms in total. The molecule has 1 unspecified atom stereocenters. The Morgan fingerprint density at radius 3 is 2.48 bits per heavy atom. The van der Waals surface area contributed by atoms with Gasteiger partial charge in [0.1, 0.15) is 6.61 Å². The van der Waals surface area contributed by atoms with Crippen molar-refractivity contribution in [2.45, 2.75) is 58.4 Å². The van der Waals surface area contributed by atoms with Gasteiger partial charge in [-0.2, -0.15) is 0 Å². The fourth-order valence-corrected chi connectivity index (χ4v) is 3.81. The summed E-state index contributed by atoms with van der Waals surface area (Å²) in [5.74, 6) is 0.545. The maximum absolute atomic E-state index is 11.1. The van der Waals surface area contributed by atoms with E-state index in [0.717, 1.165) is 51.6 Å². The van der Waals surface area contributed by atoms with E-state index in [1.165, 1.54) is 5.71 Å². The zero-order chi connectivity index (χ0) is 16.7. The average molecular weight is 325 g/mol. The van der Waals surface area contributed by atoms with E-state index in [0.29, 0.717) is 31.7 Å². The van der Waals surface area contributed by atoms with Gasteiger partial charge in [0.2, 0.25) is 0 Å². The quantitative estimate of drug-likeness (QED) is 0.623. The van der Waals surface area contributed by atoms with Crippen LogP contribution in [0.2, 0.25) is 0 Å². The minimum atomic E-state index is -0.774. The van der Waals surface area contributed by atoms with Crippen LogP contribution < -0.4 is 0 Å². The second-order valence-corrected chi connectivity index (χ2v) is 6.52. The topological polar surface area (TPSA) is 65.4 Å². The number of carbonyl (C=O) groups is 1. The predicted molar refractivity (Wildman–Crippen MR) is 90.9 cm³/mol. The largest absolute Gasteiger partial charge is 0.465 e. The highest BCUT2D eigenvalue weighted by Gasteiger charge is 2.29. The Balaban J connectivity index is 1.83. The SMILES string of the molecule is CCON=C(CC)C1CCN(C2CCCN(C(=O)O)CC2)CC1. The Hall–Kier alpha value is -1.30. The first kappa shape index (κ1) is 18.0. The lowest BCUT2D eigenvalue weighted by Crippen LogP contribution is -2.43. The third-order valence-corrected chi connectivity index (χ3v) is 5.16. The van der Waals surface area contributed by atoms with Crippen molar-refractivity contribution in [3.8, 4) is 0 Å². The molecule has 2 rings (SSSR count). The van der Waals surface area contributed by atoms with Crippen LogP contribution in [0.25, 0.3) is 0 Å². The summed E-state index contributed by atoms with van der Waals surface area (Å²) in [5, 5.41) is 13.4. The van der Waals surface area contributed by atoms with Crippen LogP contribution in [0.3, 0.4) is 0 Å². The molecule has 0 aromatic rings. The molecule has 1 atom stereocenters. The molecule has 132 valence electrons. The summed E-state index contributed by atoms with van der Waals surface area (Å²) in [7, 11) is 0. The summed E-state index contributed by atoms with van der Waals surface area (Å²) in [4.78, 5) is 20.5. The van der Waals surface area contributed by atoms with E-state index in [2.05, 4.69) is 17.0 Å². The van der Waals surface area contributed by atoms with Crippen molar-refractivity contribution in [1.82, 2.24) is 9.80 Å². The van der Waals surface area contributed by atoms with Crippen LogP contribution in [0, 0.1) is 5.92 Å². The molecular formula is C17H31N3O3. The Bertz CT molecular complexity index is 406. The number of piperidine rings is 1. The fourth-order valence-electron chi connectivity index (χ4n) is 3.81. The van der Waals surface area contributed by atoms with Crippen molar-refractivity contribution in [3.63, 3.8) is 0 Å². The molecule has 23 heavy (non-hydrogen) atoms. The molecule has 2 aliphatic rings. The van der Waals surface area contributed by atoms with E-state index in [9.17, 15) is 4.79 Å². The maximum Gasteiger partial charge on any atom is 0.407 e. The van der Waals surface area contributed by atoms with Crippen molar-refractivity contribution < 1.29 is 14.7 Å². The van der Waals surface area contributed by atoms with Crippen molar-refractivity contribution in [3.05, 3.63) is 0 Å². The zero-order valence-corrected chi connectivity index (χ0v) is 14.5. The van der Waals surface area contributed by atoms with Gasteiger partial charge in [0, 0.05) is 25.0 Å². The highest BCUT2D eigenvalue weighted by molar-refractivity contribution is 5.86.